The minimum absolute atomic E-state index is 0. The fourth-order valence-corrected chi connectivity index (χ4v) is 4.06. The first-order chi connectivity index (χ1) is 13.5. The number of hydrogen-bond donors (Lipinski definition) is 3. The average Bonchev–Trinajstić information content (AvgIpc) is 2.73. The Bertz CT molecular complexity index is 822. The molecule has 1 aliphatic carbocycles. The number of rotatable bonds is 6. The van der Waals surface area contributed by atoms with Gasteiger partial charge in [0.15, 0.2) is 0 Å². The Hall–Kier alpha value is -2.08. The molecule has 0 saturated heterocycles. The van der Waals surface area contributed by atoms with E-state index in [0.717, 1.165) is 30.7 Å². The van der Waals surface area contributed by atoms with Gasteiger partial charge >= 0.3 is 0 Å². The smallest absolute Gasteiger partial charge is 0.251 e. The largest absolute Gasteiger partial charge is 0.352 e. The van der Waals surface area contributed by atoms with E-state index in [4.69, 9.17) is 17.3 Å². The van der Waals surface area contributed by atoms with Crippen LogP contribution in [0.3, 0.4) is 0 Å². The van der Waals surface area contributed by atoms with Gasteiger partial charge in [0.2, 0.25) is 5.91 Å². The molecule has 1 saturated carbocycles. The SMILES string of the molecule is Cl.NC[C@]1(c2cccc(Cl)c2)CC[C@@H](NC(=O)CNC(=O)c2ccccc2)CC1. The van der Waals surface area contributed by atoms with Gasteiger partial charge in [0.1, 0.15) is 0 Å². The van der Waals surface area contributed by atoms with Crippen molar-refractivity contribution in [2.45, 2.75) is 37.1 Å². The molecule has 0 spiro atoms. The van der Waals surface area contributed by atoms with E-state index in [1.165, 1.54) is 5.56 Å². The van der Waals surface area contributed by atoms with Crippen molar-refractivity contribution in [2.24, 2.45) is 5.73 Å². The number of halogens is 2. The summed E-state index contributed by atoms with van der Waals surface area (Å²) in [5.41, 5.74) is 7.75. The summed E-state index contributed by atoms with van der Waals surface area (Å²) in [5, 5.41) is 6.41. The highest BCUT2D eigenvalue weighted by molar-refractivity contribution is 6.30. The Labute approximate surface area is 182 Å². The summed E-state index contributed by atoms with van der Waals surface area (Å²) in [6.45, 7) is 0.529. The first-order valence-corrected chi connectivity index (χ1v) is 9.99. The van der Waals surface area contributed by atoms with Gasteiger partial charge in [0, 0.05) is 28.6 Å². The Morgan fingerprint density at radius 1 is 1.07 bits per heavy atom. The Morgan fingerprint density at radius 2 is 1.76 bits per heavy atom. The first-order valence-electron chi connectivity index (χ1n) is 9.61. The molecule has 2 amide bonds. The Morgan fingerprint density at radius 3 is 2.38 bits per heavy atom. The molecule has 0 aliphatic heterocycles. The minimum Gasteiger partial charge on any atom is -0.352 e. The molecule has 0 radical (unpaired) electrons. The molecule has 0 heterocycles. The van der Waals surface area contributed by atoms with Gasteiger partial charge in [-0.05, 0) is 55.5 Å². The highest BCUT2D eigenvalue weighted by atomic mass is 35.5. The van der Waals surface area contributed by atoms with Crippen molar-refractivity contribution in [1.82, 2.24) is 10.6 Å². The van der Waals surface area contributed by atoms with Crippen LogP contribution in [0.4, 0.5) is 0 Å². The molecule has 2 aromatic rings. The molecule has 1 aliphatic rings. The van der Waals surface area contributed by atoms with Crippen molar-refractivity contribution in [3.05, 3.63) is 70.7 Å². The molecule has 156 valence electrons. The van der Waals surface area contributed by atoms with E-state index in [1.54, 1.807) is 24.3 Å². The normalized spacial score (nSPS) is 21.0. The summed E-state index contributed by atoms with van der Waals surface area (Å²) in [6, 6.07) is 16.9. The molecule has 7 heteroatoms. The second-order valence-electron chi connectivity index (χ2n) is 7.39. The lowest BCUT2D eigenvalue weighted by molar-refractivity contribution is -0.121. The van der Waals surface area contributed by atoms with Crippen molar-refractivity contribution >= 4 is 35.8 Å². The van der Waals surface area contributed by atoms with Crippen molar-refractivity contribution in [1.29, 1.82) is 0 Å². The molecule has 0 bridgehead atoms. The van der Waals surface area contributed by atoms with E-state index >= 15 is 0 Å². The maximum atomic E-state index is 12.2. The summed E-state index contributed by atoms with van der Waals surface area (Å²) in [7, 11) is 0. The number of amides is 2. The van der Waals surface area contributed by atoms with Crippen LogP contribution in [0.2, 0.25) is 5.02 Å². The number of hydrogen-bond acceptors (Lipinski definition) is 3. The van der Waals surface area contributed by atoms with E-state index in [9.17, 15) is 9.59 Å². The Balaban J connectivity index is 0.00000300. The number of benzene rings is 2. The van der Waals surface area contributed by atoms with Crippen molar-refractivity contribution < 1.29 is 9.59 Å². The van der Waals surface area contributed by atoms with Crippen LogP contribution in [0.15, 0.2) is 54.6 Å². The van der Waals surface area contributed by atoms with Crippen LogP contribution in [-0.4, -0.2) is 30.9 Å². The fraction of sp³-hybridized carbons (Fsp3) is 0.364. The van der Waals surface area contributed by atoms with E-state index in [-0.39, 0.29) is 42.2 Å². The predicted molar refractivity (Wildman–Crippen MR) is 119 cm³/mol. The second kappa shape index (κ2) is 10.6. The maximum Gasteiger partial charge on any atom is 0.251 e. The quantitative estimate of drug-likeness (QED) is 0.649. The standard InChI is InChI=1S/C22H26ClN3O2.ClH/c23-18-8-4-7-17(13-18)22(15-24)11-9-19(10-12-22)26-20(27)14-25-21(28)16-5-2-1-3-6-16;/h1-8,13,19H,9-12,14-15,24H2,(H,25,28)(H,26,27);1H/t19-,22+;. The maximum absolute atomic E-state index is 12.2. The number of carbonyl (C=O) groups is 2. The topological polar surface area (TPSA) is 84.2 Å². The molecule has 5 nitrogen and oxygen atoms in total. The van der Waals surface area contributed by atoms with E-state index in [1.807, 2.05) is 24.3 Å². The Kier molecular flexibility index (Phi) is 8.50. The van der Waals surface area contributed by atoms with Gasteiger partial charge in [-0.15, -0.1) is 12.4 Å². The third kappa shape index (κ3) is 5.95. The fourth-order valence-electron chi connectivity index (χ4n) is 3.87. The van der Waals surface area contributed by atoms with Crippen LogP contribution >= 0.6 is 24.0 Å². The lowest BCUT2D eigenvalue weighted by atomic mass is 9.68. The summed E-state index contributed by atoms with van der Waals surface area (Å²) in [5.74, 6) is -0.417. The van der Waals surface area contributed by atoms with Gasteiger partial charge < -0.3 is 16.4 Å². The average molecular weight is 436 g/mol. The second-order valence-corrected chi connectivity index (χ2v) is 7.82. The lowest BCUT2D eigenvalue weighted by Gasteiger charge is -2.40. The third-order valence-electron chi connectivity index (χ3n) is 5.58. The van der Waals surface area contributed by atoms with Gasteiger partial charge in [-0.3, -0.25) is 9.59 Å². The summed E-state index contributed by atoms with van der Waals surface area (Å²) in [6.07, 6.45) is 3.49. The molecule has 0 atom stereocenters. The minimum atomic E-state index is -0.248. The monoisotopic (exact) mass is 435 g/mol. The molecule has 1 fully saturated rings. The van der Waals surface area contributed by atoms with E-state index < -0.39 is 0 Å². The summed E-state index contributed by atoms with van der Waals surface area (Å²) in [4.78, 5) is 24.3. The van der Waals surface area contributed by atoms with Gasteiger partial charge in [-0.2, -0.15) is 0 Å². The van der Waals surface area contributed by atoms with Gasteiger partial charge in [0.05, 0.1) is 6.54 Å². The third-order valence-corrected chi connectivity index (χ3v) is 5.82. The predicted octanol–water partition coefficient (Wildman–Crippen LogP) is 3.45. The van der Waals surface area contributed by atoms with Gasteiger partial charge in [-0.1, -0.05) is 41.9 Å². The van der Waals surface area contributed by atoms with E-state index in [0.29, 0.717) is 12.1 Å². The zero-order chi connectivity index (χ0) is 20.0. The van der Waals surface area contributed by atoms with Crippen LogP contribution in [0.1, 0.15) is 41.6 Å². The van der Waals surface area contributed by atoms with Gasteiger partial charge in [0.25, 0.3) is 5.91 Å². The van der Waals surface area contributed by atoms with Crippen LogP contribution in [0.25, 0.3) is 0 Å². The number of nitrogens with one attached hydrogen (secondary N) is 2. The van der Waals surface area contributed by atoms with E-state index in [2.05, 4.69) is 16.7 Å². The zero-order valence-corrected chi connectivity index (χ0v) is 17.8. The molecular weight excluding hydrogens is 409 g/mol. The van der Waals surface area contributed by atoms with Crippen LogP contribution in [0.5, 0.6) is 0 Å². The number of nitrogens with two attached hydrogens (primary N) is 1. The van der Waals surface area contributed by atoms with Crippen molar-refractivity contribution in [3.63, 3.8) is 0 Å². The molecule has 4 N–H and O–H groups in total. The summed E-state index contributed by atoms with van der Waals surface area (Å²) < 4.78 is 0. The van der Waals surface area contributed by atoms with Crippen LogP contribution in [0, 0.1) is 0 Å². The molecule has 2 aromatic carbocycles. The lowest BCUT2D eigenvalue weighted by Crippen LogP contribution is -2.47. The van der Waals surface area contributed by atoms with Crippen molar-refractivity contribution in [2.75, 3.05) is 13.1 Å². The highest BCUT2D eigenvalue weighted by Crippen LogP contribution is 2.39. The van der Waals surface area contributed by atoms with Gasteiger partial charge in [-0.25, -0.2) is 0 Å². The van der Waals surface area contributed by atoms with Crippen molar-refractivity contribution in [3.8, 4) is 0 Å². The first kappa shape index (κ1) is 23.2. The molecule has 0 aromatic heterocycles. The highest BCUT2D eigenvalue weighted by Gasteiger charge is 2.36. The number of carbonyl (C=O) groups excluding carboxylic acids is 2. The summed E-state index contributed by atoms with van der Waals surface area (Å²) >= 11 is 6.15. The van der Waals surface area contributed by atoms with Crippen LogP contribution < -0.4 is 16.4 Å². The molecular formula is C22H27Cl2N3O2. The van der Waals surface area contributed by atoms with Crippen LogP contribution in [-0.2, 0) is 10.2 Å². The molecule has 3 rings (SSSR count). The zero-order valence-electron chi connectivity index (χ0n) is 16.2. The molecule has 29 heavy (non-hydrogen) atoms. The molecule has 0 unspecified atom stereocenters.